The van der Waals surface area contributed by atoms with Gasteiger partial charge in [0.25, 0.3) is 5.91 Å². The molecule has 3 rings (SSSR count). The van der Waals surface area contributed by atoms with Crippen molar-refractivity contribution in [2.75, 3.05) is 26.0 Å². The maximum atomic E-state index is 11.9. The number of para-hydroxylation sites is 1. The molecule has 0 aliphatic heterocycles. The Morgan fingerprint density at radius 1 is 1.11 bits per heavy atom. The number of hydrogen-bond acceptors (Lipinski definition) is 4. The van der Waals surface area contributed by atoms with Gasteiger partial charge >= 0.3 is 0 Å². The molecule has 0 fully saturated rings. The van der Waals surface area contributed by atoms with Crippen molar-refractivity contribution in [2.24, 2.45) is 0 Å². The third kappa shape index (κ3) is 5.66. The third-order valence-corrected chi connectivity index (χ3v) is 5.68. The normalized spacial score (nSPS) is 10.6. The number of methoxy groups -OCH3 is 1. The number of hydrogen-bond donors (Lipinski definition) is 1. The van der Waals surface area contributed by atoms with E-state index in [0.29, 0.717) is 12.3 Å². The largest absolute Gasteiger partial charge is 0.496 e. The van der Waals surface area contributed by atoms with Gasteiger partial charge in [0.2, 0.25) is 0 Å². The lowest BCUT2D eigenvalue weighted by molar-refractivity contribution is -0.122. The van der Waals surface area contributed by atoms with Crippen molar-refractivity contribution >= 4 is 44.4 Å². The maximum Gasteiger partial charge on any atom is 0.257 e. The van der Waals surface area contributed by atoms with Crippen molar-refractivity contribution in [3.8, 4) is 11.5 Å². The minimum atomic E-state index is -0.114. The average molecular weight is 460 g/mol. The van der Waals surface area contributed by atoms with Gasteiger partial charge in [-0.2, -0.15) is 11.8 Å². The molecular formula is C22H22BrNO3S. The molecule has 0 saturated carbocycles. The Morgan fingerprint density at radius 2 is 1.93 bits per heavy atom. The van der Waals surface area contributed by atoms with E-state index in [1.165, 1.54) is 16.3 Å². The van der Waals surface area contributed by atoms with Crippen LogP contribution in [0.3, 0.4) is 0 Å². The molecule has 0 atom stereocenters. The zero-order chi connectivity index (χ0) is 19.8. The third-order valence-electron chi connectivity index (χ3n) is 4.20. The number of rotatable bonds is 9. The van der Waals surface area contributed by atoms with E-state index >= 15 is 0 Å². The van der Waals surface area contributed by atoms with Crippen LogP contribution in [0.15, 0.2) is 65.1 Å². The molecule has 0 aromatic heterocycles. The molecule has 146 valence electrons. The molecule has 3 aromatic carbocycles. The Kier molecular flexibility index (Phi) is 7.62. The second-order valence-electron chi connectivity index (χ2n) is 6.12. The van der Waals surface area contributed by atoms with Gasteiger partial charge in [0.1, 0.15) is 11.5 Å². The molecule has 0 unspecified atom stereocenters. The van der Waals surface area contributed by atoms with Crippen molar-refractivity contribution in [3.63, 3.8) is 0 Å². The van der Waals surface area contributed by atoms with Crippen LogP contribution < -0.4 is 14.8 Å². The molecule has 0 radical (unpaired) electrons. The molecule has 0 aliphatic rings. The Labute approximate surface area is 177 Å². The first-order valence-corrected chi connectivity index (χ1v) is 10.9. The molecule has 1 amide bonds. The fraction of sp³-hybridized carbons (Fsp3) is 0.227. The van der Waals surface area contributed by atoms with E-state index in [1.54, 1.807) is 18.9 Å². The molecule has 0 spiro atoms. The molecule has 0 heterocycles. The quantitative estimate of drug-likeness (QED) is 0.455. The number of amides is 1. The number of halogens is 1. The SMILES string of the molecule is COc1ccc2cc(Br)ccc2c1CSCCNC(=O)COc1ccccc1. The highest BCUT2D eigenvalue weighted by molar-refractivity contribution is 9.10. The number of thioether (sulfide) groups is 1. The molecule has 0 bridgehead atoms. The minimum absolute atomic E-state index is 0.0285. The van der Waals surface area contributed by atoms with E-state index in [-0.39, 0.29) is 12.5 Å². The first-order valence-electron chi connectivity index (χ1n) is 8.95. The highest BCUT2D eigenvalue weighted by Gasteiger charge is 2.09. The Bertz CT molecular complexity index is 934. The summed E-state index contributed by atoms with van der Waals surface area (Å²) in [6, 6.07) is 19.7. The molecule has 3 aromatic rings. The predicted octanol–water partition coefficient (Wildman–Crippen LogP) is 5.04. The van der Waals surface area contributed by atoms with Crippen molar-refractivity contribution in [3.05, 3.63) is 70.7 Å². The minimum Gasteiger partial charge on any atom is -0.496 e. The number of nitrogens with one attached hydrogen (secondary N) is 1. The molecule has 28 heavy (non-hydrogen) atoms. The van der Waals surface area contributed by atoms with E-state index in [1.807, 2.05) is 42.5 Å². The van der Waals surface area contributed by atoms with Gasteiger partial charge in [-0.3, -0.25) is 4.79 Å². The van der Waals surface area contributed by atoms with Crippen LogP contribution in [0.4, 0.5) is 0 Å². The van der Waals surface area contributed by atoms with Crippen LogP contribution in [-0.2, 0) is 10.5 Å². The van der Waals surface area contributed by atoms with E-state index in [9.17, 15) is 4.79 Å². The number of fused-ring (bicyclic) bond motifs is 1. The number of benzene rings is 3. The Morgan fingerprint density at radius 3 is 2.71 bits per heavy atom. The second-order valence-corrected chi connectivity index (χ2v) is 8.14. The van der Waals surface area contributed by atoms with Crippen molar-refractivity contribution in [2.45, 2.75) is 5.75 Å². The number of ether oxygens (including phenoxy) is 2. The summed E-state index contributed by atoms with van der Waals surface area (Å²) in [7, 11) is 1.70. The fourth-order valence-electron chi connectivity index (χ4n) is 2.84. The summed E-state index contributed by atoms with van der Waals surface area (Å²) < 4.78 is 12.0. The maximum absolute atomic E-state index is 11.9. The van der Waals surface area contributed by atoms with E-state index < -0.39 is 0 Å². The summed E-state index contributed by atoms with van der Waals surface area (Å²) in [4.78, 5) is 11.9. The van der Waals surface area contributed by atoms with Crippen LogP contribution in [0.5, 0.6) is 11.5 Å². The van der Waals surface area contributed by atoms with Crippen molar-refractivity contribution in [1.82, 2.24) is 5.32 Å². The number of carbonyl (C=O) groups is 1. The summed E-state index contributed by atoms with van der Waals surface area (Å²) in [5, 5.41) is 5.26. The highest BCUT2D eigenvalue weighted by atomic mass is 79.9. The second kappa shape index (κ2) is 10.4. The first kappa shape index (κ1) is 20.6. The van der Waals surface area contributed by atoms with Crippen LogP contribution in [0.25, 0.3) is 10.8 Å². The molecule has 4 nitrogen and oxygen atoms in total. The standard InChI is InChI=1S/C22H22BrNO3S/c1-26-21-10-7-16-13-17(23)8-9-19(16)20(21)15-28-12-11-24-22(25)14-27-18-5-3-2-4-6-18/h2-10,13H,11-12,14-15H2,1H3,(H,24,25). The van der Waals surface area contributed by atoms with Gasteiger partial charge in [-0.25, -0.2) is 0 Å². The fourth-order valence-corrected chi connectivity index (χ4v) is 4.11. The highest BCUT2D eigenvalue weighted by Crippen LogP contribution is 2.32. The zero-order valence-corrected chi connectivity index (χ0v) is 18.0. The lowest BCUT2D eigenvalue weighted by atomic mass is 10.0. The summed E-state index contributed by atoms with van der Waals surface area (Å²) >= 11 is 5.28. The molecule has 0 aliphatic carbocycles. The molecule has 1 N–H and O–H groups in total. The zero-order valence-electron chi connectivity index (χ0n) is 15.6. The van der Waals surface area contributed by atoms with Gasteiger partial charge < -0.3 is 14.8 Å². The van der Waals surface area contributed by atoms with E-state index in [0.717, 1.165) is 21.7 Å². The lowest BCUT2D eigenvalue weighted by Crippen LogP contribution is -2.30. The summed E-state index contributed by atoms with van der Waals surface area (Å²) in [6.45, 7) is 0.626. The Balaban J connectivity index is 1.47. The van der Waals surface area contributed by atoms with Crippen molar-refractivity contribution in [1.29, 1.82) is 0 Å². The Hall–Kier alpha value is -2.18. The molecule has 6 heteroatoms. The van der Waals surface area contributed by atoms with Crippen LogP contribution in [0.1, 0.15) is 5.56 Å². The smallest absolute Gasteiger partial charge is 0.257 e. The van der Waals surface area contributed by atoms with Crippen molar-refractivity contribution < 1.29 is 14.3 Å². The average Bonchev–Trinajstić information content (AvgIpc) is 2.72. The van der Waals surface area contributed by atoms with Crippen LogP contribution >= 0.6 is 27.7 Å². The number of carbonyl (C=O) groups excluding carboxylic acids is 1. The molecular weight excluding hydrogens is 438 g/mol. The van der Waals surface area contributed by atoms with Gasteiger partial charge in [-0.05, 0) is 41.1 Å². The van der Waals surface area contributed by atoms with E-state index in [4.69, 9.17) is 9.47 Å². The monoisotopic (exact) mass is 459 g/mol. The van der Waals surface area contributed by atoms with Crippen LogP contribution in [0.2, 0.25) is 0 Å². The van der Waals surface area contributed by atoms with Gasteiger partial charge in [0.15, 0.2) is 6.61 Å². The summed E-state index contributed by atoms with van der Waals surface area (Å²) in [6.07, 6.45) is 0. The molecule has 0 saturated heterocycles. The first-order chi connectivity index (χ1) is 13.7. The summed E-state index contributed by atoms with van der Waals surface area (Å²) in [5.74, 6) is 3.10. The van der Waals surface area contributed by atoms with Crippen LogP contribution in [0, 0.1) is 0 Å². The topological polar surface area (TPSA) is 47.6 Å². The lowest BCUT2D eigenvalue weighted by Gasteiger charge is -2.12. The van der Waals surface area contributed by atoms with Gasteiger partial charge in [0.05, 0.1) is 7.11 Å². The van der Waals surface area contributed by atoms with Gasteiger partial charge in [-0.1, -0.05) is 46.3 Å². The van der Waals surface area contributed by atoms with E-state index in [2.05, 4.69) is 39.4 Å². The van der Waals surface area contributed by atoms with Gasteiger partial charge in [0, 0.05) is 28.1 Å². The van der Waals surface area contributed by atoms with Gasteiger partial charge in [-0.15, -0.1) is 0 Å². The summed E-state index contributed by atoms with van der Waals surface area (Å²) in [5.41, 5.74) is 1.18. The van der Waals surface area contributed by atoms with Crippen LogP contribution in [-0.4, -0.2) is 31.9 Å². The predicted molar refractivity (Wildman–Crippen MR) is 119 cm³/mol.